The van der Waals surface area contributed by atoms with Crippen LogP contribution in [-0.2, 0) is 10.0 Å². The standard InChI is InChI=1S/C13H16N6O4S/c14-24(22,23)11-1-2-12(13(7-11)19(20)21)17-5-3-10(4-6-17)18-9-15-8-16-18/h1-2,7-10H,3-6H2,(H2,14,22,23). The number of piperidine rings is 1. The van der Waals surface area contributed by atoms with Crippen molar-refractivity contribution < 1.29 is 13.3 Å². The number of primary sulfonamides is 1. The van der Waals surface area contributed by atoms with Gasteiger partial charge in [-0.05, 0) is 25.0 Å². The molecule has 1 aromatic heterocycles. The van der Waals surface area contributed by atoms with Gasteiger partial charge in [0, 0.05) is 19.2 Å². The van der Waals surface area contributed by atoms with Gasteiger partial charge in [-0.1, -0.05) is 0 Å². The third-order valence-electron chi connectivity index (χ3n) is 4.09. The predicted molar refractivity (Wildman–Crippen MR) is 85.0 cm³/mol. The van der Waals surface area contributed by atoms with Gasteiger partial charge in [-0.3, -0.25) is 10.1 Å². The lowest BCUT2D eigenvalue weighted by Gasteiger charge is -2.33. The molecular weight excluding hydrogens is 336 g/mol. The summed E-state index contributed by atoms with van der Waals surface area (Å²) in [5.74, 6) is 0. The third kappa shape index (κ3) is 3.21. The van der Waals surface area contributed by atoms with E-state index in [9.17, 15) is 18.5 Å². The van der Waals surface area contributed by atoms with Crippen molar-refractivity contribution in [3.63, 3.8) is 0 Å². The molecule has 2 aromatic rings. The molecule has 0 amide bonds. The van der Waals surface area contributed by atoms with Crippen molar-refractivity contribution in [2.24, 2.45) is 5.14 Å². The summed E-state index contributed by atoms with van der Waals surface area (Å²) in [6.45, 7) is 1.19. The Balaban J connectivity index is 1.84. The summed E-state index contributed by atoms with van der Waals surface area (Å²) >= 11 is 0. The topological polar surface area (TPSA) is 137 Å². The minimum absolute atomic E-state index is 0.200. The van der Waals surface area contributed by atoms with Crippen LogP contribution in [0.2, 0.25) is 0 Å². The van der Waals surface area contributed by atoms with E-state index in [4.69, 9.17) is 5.14 Å². The number of nitrogens with two attached hydrogens (primary N) is 1. The molecule has 1 saturated heterocycles. The number of aromatic nitrogens is 3. The number of hydrogen-bond acceptors (Lipinski definition) is 7. The number of nitro benzene ring substituents is 1. The van der Waals surface area contributed by atoms with Gasteiger partial charge in [-0.15, -0.1) is 0 Å². The van der Waals surface area contributed by atoms with Gasteiger partial charge in [0.15, 0.2) is 0 Å². The molecule has 1 aliphatic rings. The van der Waals surface area contributed by atoms with Gasteiger partial charge in [0.25, 0.3) is 5.69 Å². The zero-order valence-electron chi connectivity index (χ0n) is 12.6. The van der Waals surface area contributed by atoms with Gasteiger partial charge >= 0.3 is 0 Å². The van der Waals surface area contributed by atoms with E-state index in [1.807, 2.05) is 4.90 Å². The Kier molecular flexibility index (Phi) is 4.20. The molecule has 11 heteroatoms. The van der Waals surface area contributed by atoms with Gasteiger partial charge in [0.2, 0.25) is 10.0 Å². The average molecular weight is 352 g/mol. The first-order chi connectivity index (χ1) is 11.4. The molecule has 0 saturated carbocycles. The second kappa shape index (κ2) is 6.17. The largest absolute Gasteiger partial charge is 0.366 e. The van der Waals surface area contributed by atoms with Crippen molar-refractivity contribution >= 4 is 21.4 Å². The Morgan fingerprint density at radius 3 is 2.54 bits per heavy atom. The van der Waals surface area contributed by atoms with Crippen molar-refractivity contribution in [1.82, 2.24) is 14.8 Å². The monoisotopic (exact) mass is 352 g/mol. The second-order valence-electron chi connectivity index (χ2n) is 5.55. The molecule has 1 aliphatic heterocycles. The van der Waals surface area contributed by atoms with Crippen LogP contribution in [0, 0.1) is 10.1 Å². The molecule has 3 rings (SSSR count). The smallest absolute Gasteiger partial charge is 0.293 e. The molecule has 2 heterocycles. The Labute approximate surface area is 138 Å². The molecule has 0 aliphatic carbocycles. The van der Waals surface area contributed by atoms with Crippen LogP contribution >= 0.6 is 0 Å². The van der Waals surface area contributed by atoms with E-state index >= 15 is 0 Å². The van der Waals surface area contributed by atoms with Crippen molar-refractivity contribution in [2.75, 3.05) is 18.0 Å². The van der Waals surface area contributed by atoms with Gasteiger partial charge < -0.3 is 4.90 Å². The van der Waals surface area contributed by atoms with Crippen LogP contribution in [-0.4, -0.2) is 41.2 Å². The minimum Gasteiger partial charge on any atom is -0.366 e. The van der Waals surface area contributed by atoms with Gasteiger partial charge in [-0.25, -0.2) is 23.2 Å². The molecule has 1 fully saturated rings. The normalized spacial score (nSPS) is 16.3. The third-order valence-corrected chi connectivity index (χ3v) is 5.00. The van der Waals surface area contributed by atoms with E-state index in [1.165, 1.54) is 18.5 Å². The summed E-state index contributed by atoms with van der Waals surface area (Å²) in [7, 11) is -3.99. The Morgan fingerprint density at radius 1 is 1.29 bits per heavy atom. The van der Waals surface area contributed by atoms with E-state index in [0.29, 0.717) is 18.8 Å². The van der Waals surface area contributed by atoms with E-state index in [-0.39, 0.29) is 16.6 Å². The summed E-state index contributed by atoms with van der Waals surface area (Å²) in [6.07, 6.45) is 4.65. The van der Waals surface area contributed by atoms with Crippen LogP contribution < -0.4 is 10.0 Å². The summed E-state index contributed by atoms with van der Waals surface area (Å²) in [5, 5.41) is 20.5. The number of sulfonamides is 1. The van der Waals surface area contributed by atoms with E-state index in [0.717, 1.165) is 18.9 Å². The van der Waals surface area contributed by atoms with Crippen LogP contribution in [0.25, 0.3) is 0 Å². The number of nitrogens with zero attached hydrogens (tertiary/aromatic N) is 5. The number of hydrogen-bond donors (Lipinski definition) is 1. The molecule has 0 spiro atoms. The fourth-order valence-electron chi connectivity index (χ4n) is 2.87. The lowest BCUT2D eigenvalue weighted by molar-refractivity contribution is -0.384. The van der Waals surface area contributed by atoms with Crippen LogP contribution in [0.3, 0.4) is 0 Å². The van der Waals surface area contributed by atoms with Crippen molar-refractivity contribution in [3.05, 3.63) is 41.0 Å². The molecule has 10 nitrogen and oxygen atoms in total. The fourth-order valence-corrected chi connectivity index (χ4v) is 3.40. The second-order valence-corrected chi connectivity index (χ2v) is 7.11. The molecule has 2 N–H and O–H groups in total. The highest BCUT2D eigenvalue weighted by atomic mass is 32.2. The number of nitro groups is 1. The summed E-state index contributed by atoms with van der Waals surface area (Å²) in [4.78, 5) is 16.3. The van der Waals surface area contributed by atoms with Crippen LogP contribution in [0.4, 0.5) is 11.4 Å². The van der Waals surface area contributed by atoms with Crippen LogP contribution in [0.5, 0.6) is 0 Å². The zero-order chi connectivity index (χ0) is 17.3. The quantitative estimate of drug-likeness (QED) is 0.630. The maximum absolute atomic E-state index is 11.4. The first kappa shape index (κ1) is 16.3. The maximum Gasteiger partial charge on any atom is 0.293 e. The highest BCUT2D eigenvalue weighted by molar-refractivity contribution is 7.89. The lowest BCUT2D eigenvalue weighted by atomic mass is 10.0. The SMILES string of the molecule is NS(=O)(=O)c1ccc(N2CCC(n3cncn3)CC2)c([N+](=O)[O-])c1. The summed E-state index contributed by atoms with van der Waals surface area (Å²) < 4.78 is 24.6. The average Bonchev–Trinajstić information content (AvgIpc) is 3.08. The highest BCUT2D eigenvalue weighted by Gasteiger charge is 2.27. The molecule has 24 heavy (non-hydrogen) atoms. The van der Waals surface area contributed by atoms with Crippen molar-refractivity contribution in [1.29, 1.82) is 0 Å². The lowest BCUT2D eigenvalue weighted by Crippen LogP contribution is -2.35. The van der Waals surface area contributed by atoms with Gasteiger partial charge in [0.1, 0.15) is 18.3 Å². The molecule has 1 aromatic carbocycles. The first-order valence-electron chi connectivity index (χ1n) is 7.26. The molecule has 0 bridgehead atoms. The van der Waals surface area contributed by atoms with Crippen LogP contribution in [0.1, 0.15) is 18.9 Å². The highest BCUT2D eigenvalue weighted by Crippen LogP contribution is 2.34. The number of rotatable bonds is 4. The van der Waals surface area contributed by atoms with Crippen LogP contribution in [0.15, 0.2) is 35.7 Å². The molecule has 0 radical (unpaired) electrons. The minimum atomic E-state index is -3.99. The van der Waals surface area contributed by atoms with E-state index in [2.05, 4.69) is 10.1 Å². The Morgan fingerprint density at radius 2 is 2.00 bits per heavy atom. The predicted octanol–water partition coefficient (Wildman–Crippen LogP) is 0.675. The molecule has 0 atom stereocenters. The van der Waals surface area contributed by atoms with Crippen molar-refractivity contribution in [2.45, 2.75) is 23.8 Å². The summed E-state index contributed by atoms with van der Waals surface area (Å²) in [6, 6.07) is 3.94. The Bertz CT molecular complexity index is 843. The number of benzene rings is 1. The molecular formula is C13H16N6O4S. The molecule has 128 valence electrons. The first-order valence-corrected chi connectivity index (χ1v) is 8.81. The van der Waals surface area contributed by atoms with Crippen molar-refractivity contribution in [3.8, 4) is 0 Å². The van der Waals surface area contributed by atoms with Gasteiger partial charge in [-0.2, -0.15) is 5.10 Å². The van der Waals surface area contributed by atoms with Gasteiger partial charge in [0.05, 0.1) is 15.9 Å². The number of anilines is 1. The van der Waals surface area contributed by atoms with E-state index in [1.54, 1.807) is 11.0 Å². The Hall–Kier alpha value is -2.53. The fraction of sp³-hybridized carbons (Fsp3) is 0.385. The van der Waals surface area contributed by atoms with E-state index < -0.39 is 14.9 Å². The molecule has 0 unspecified atom stereocenters. The maximum atomic E-state index is 11.4. The zero-order valence-corrected chi connectivity index (χ0v) is 13.5. The summed E-state index contributed by atoms with van der Waals surface area (Å²) in [5.41, 5.74) is 0.130.